The standard InChI is InChI=1S/C16H17N3O3/c1-8(20)12-7-22-15-6-18-14(4-11(12)15)16(21)19-13-3-10-2-9(13)5-17-10/h4,6-7,9-10,13,17H,2-3,5H2,1H3,(H,19,21). The molecule has 2 bridgehead atoms. The number of carbonyl (C=O) groups is 2. The number of nitrogens with one attached hydrogen (secondary N) is 2. The number of hydrogen-bond acceptors (Lipinski definition) is 5. The van der Waals surface area contributed by atoms with Gasteiger partial charge in [-0.15, -0.1) is 0 Å². The average Bonchev–Trinajstić information content (AvgIpc) is 3.20. The van der Waals surface area contributed by atoms with Gasteiger partial charge in [-0.05, 0) is 31.7 Å². The highest BCUT2D eigenvalue weighted by atomic mass is 16.3. The number of furan rings is 1. The zero-order valence-electron chi connectivity index (χ0n) is 12.3. The summed E-state index contributed by atoms with van der Waals surface area (Å²) in [5, 5.41) is 7.14. The summed E-state index contributed by atoms with van der Waals surface area (Å²) in [6.07, 6.45) is 5.02. The lowest BCUT2D eigenvalue weighted by atomic mass is 10.0. The minimum Gasteiger partial charge on any atom is -0.462 e. The third kappa shape index (κ3) is 2.11. The lowest BCUT2D eigenvalue weighted by molar-refractivity contribution is 0.0919. The monoisotopic (exact) mass is 299 g/mol. The van der Waals surface area contributed by atoms with Crippen molar-refractivity contribution >= 4 is 22.7 Å². The Morgan fingerprint density at radius 3 is 2.95 bits per heavy atom. The Bertz CT molecular complexity index is 767. The summed E-state index contributed by atoms with van der Waals surface area (Å²) in [7, 11) is 0. The quantitative estimate of drug-likeness (QED) is 0.839. The summed E-state index contributed by atoms with van der Waals surface area (Å²) in [6, 6.07) is 2.38. The van der Waals surface area contributed by atoms with Crippen LogP contribution >= 0.6 is 0 Å². The van der Waals surface area contributed by atoms with E-state index >= 15 is 0 Å². The highest BCUT2D eigenvalue weighted by Crippen LogP contribution is 2.31. The molecule has 3 atom stereocenters. The second kappa shape index (κ2) is 4.91. The number of nitrogens with zero attached hydrogens (tertiary/aromatic N) is 1. The predicted molar refractivity (Wildman–Crippen MR) is 79.8 cm³/mol. The molecule has 3 heterocycles. The molecule has 1 saturated carbocycles. The molecular weight excluding hydrogens is 282 g/mol. The number of carbonyl (C=O) groups excluding carboxylic acids is 2. The van der Waals surface area contributed by atoms with Gasteiger partial charge >= 0.3 is 0 Å². The second-order valence-corrected chi connectivity index (χ2v) is 6.19. The summed E-state index contributed by atoms with van der Waals surface area (Å²) in [4.78, 5) is 28.1. The Kier molecular flexibility index (Phi) is 3.00. The van der Waals surface area contributed by atoms with E-state index in [0.717, 1.165) is 19.4 Å². The molecule has 4 rings (SSSR count). The molecule has 1 amide bonds. The van der Waals surface area contributed by atoms with Crippen LogP contribution in [0.5, 0.6) is 0 Å². The Balaban J connectivity index is 1.59. The lowest BCUT2D eigenvalue weighted by Gasteiger charge is -2.23. The smallest absolute Gasteiger partial charge is 0.270 e. The van der Waals surface area contributed by atoms with Crippen molar-refractivity contribution in [2.75, 3.05) is 6.54 Å². The molecular formula is C16H17N3O3. The van der Waals surface area contributed by atoms with E-state index < -0.39 is 0 Å². The molecule has 22 heavy (non-hydrogen) atoms. The van der Waals surface area contributed by atoms with Crippen LogP contribution in [-0.4, -0.2) is 35.3 Å². The van der Waals surface area contributed by atoms with Crippen LogP contribution in [0.4, 0.5) is 0 Å². The summed E-state index contributed by atoms with van der Waals surface area (Å²) < 4.78 is 5.30. The van der Waals surface area contributed by atoms with E-state index in [-0.39, 0.29) is 17.7 Å². The van der Waals surface area contributed by atoms with Crippen LogP contribution < -0.4 is 10.6 Å². The highest BCUT2D eigenvalue weighted by Gasteiger charge is 2.40. The van der Waals surface area contributed by atoms with E-state index in [9.17, 15) is 9.59 Å². The fourth-order valence-corrected chi connectivity index (χ4v) is 3.58. The van der Waals surface area contributed by atoms with Gasteiger partial charge in [0.1, 0.15) is 12.0 Å². The summed E-state index contributed by atoms with van der Waals surface area (Å²) >= 11 is 0. The van der Waals surface area contributed by atoms with Crippen molar-refractivity contribution in [3.05, 3.63) is 29.8 Å². The van der Waals surface area contributed by atoms with Gasteiger partial charge in [-0.2, -0.15) is 0 Å². The Labute approximate surface area is 127 Å². The molecule has 3 unspecified atom stereocenters. The normalized spacial score (nSPS) is 26.5. The summed E-state index contributed by atoms with van der Waals surface area (Å²) in [5.74, 6) is 0.241. The molecule has 1 aliphatic heterocycles. The van der Waals surface area contributed by atoms with Crippen LogP contribution in [0.25, 0.3) is 11.0 Å². The van der Waals surface area contributed by atoms with Crippen LogP contribution in [0.1, 0.15) is 40.6 Å². The van der Waals surface area contributed by atoms with Gasteiger partial charge in [-0.1, -0.05) is 0 Å². The summed E-state index contributed by atoms with van der Waals surface area (Å²) in [5.41, 5.74) is 1.33. The van der Waals surface area contributed by atoms with E-state index in [1.54, 1.807) is 6.07 Å². The van der Waals surface area contributed by atoms with Gasteiger partial charge in [0.15, 0.2) is 11.4 Å². The van der Waals surface area contributed by atoms with E-state index in [2.05, 4.69) is 15.6 Å². The Morgan fingerprint density at radius 1 is 1.41 bits per heavy atom. The van der Waals surface area contributed by atoms with Crippen LogP contribution in [0.3, 0.4) is 0 Å². The van der Waals surface area contributed by atoms with Crippen molar-refractivity contribution in [2.45, 2.75) is 31.8 Å². The fraction of sp³-hybridized carbons (Fsp3) is 0.438. The first-order valence-corrected chi connectivity index (χ1v) is 7.54. The molecule has 114 valence electrons. The molecule has 0 radical (unpaired) electrons. The van der Waals surface area contributed by atoms with Crippen molar-refractivity contribution in [1.82, 2.24) is 15.6 Å². The maximum atomic E-state index is 12.4. The van der Waals surface area contributed by atoms with Gasteiger partial charge in [0.05, 0.1) is 11.8 Å². The van der Waals surface area contributed by atoms with Crippen molar-refractivity contribution < 1.29 is 14.0 Å². The van der Waals surface area contributed by atoms with Crippen molar-refractivity contribution in [1.29, 1.82) is 0 Å². The highest BCUT2D eigenvalue weighted by molar-refractivity contribution is 6.07. The second-order valence-electron chi connectivity index (χ2n) is 6.19. The number of amides is 1. The van der Waals surface area contributed by atoms with Gasteiger partial charge in [-0.3, -0.25) is 9.59 Å². The molecule has 2 N–H and O–H groups in total. The fourth-order valence-electron chi connectivity index (χ4n) is 3.58. The largest absolute Gasteiger partial charge is 0.462 e. The third-order valence-corrected chi connectivity index (χ3v) is 4.75. The summed E-state index contributed by atoms with van der Waals surface area (Å²) in [6.45, 7) is 2.45. The minimum absolute atomic E-state index is 0.0875. The van der Waals surface area contributed by atoms with Crippen LogP contribution in [0.15, 0.2) is 22.9 Å². The Morgan fingerprint density at radius 2 is 2.27 bits per heavy atom. The molecule has 2 fully saturated rings. The zero-order chi connectivity index (χ0) is 15.3. The number of fused-ring (bicyclic) bond motifs is 3. The lowest BCUT2D eigenvalue weighted by Crippen LogP contribution is -2.44. The van der Waals surface area contributed by atoms with Crippen molar-refractivity contribution in [3.8, 4) is 0 Å². The van der Waals surface area contributed by atoms with Crippen LogP contribution in [-0.2, 0) is 0 Å². The molecule has 2 aliphatic rings. The first-order valence-electron chi connectivity index (χ1n) is 7.54. The van der Waals surface area contributed by atoms with Crippen LogP contribution in [0, 0.1) is 5.92 Å². The molecule has 1 saturated heterocycles. The molecule has 6 nitrogen and oxygen atoms in total. The minimum atomic E-state index is -0.185. The average molecular weight is 299 g/mol. The van der Waals surface area contributed by atoms with Gasteiger partial charge < -0.3 is 15.1 Å². The molecule has 0 spiro atoms. The number of hydrogen-bond donors (Lipinski definition) is 2. The number of Topliss-reactive ketones (excluding diaryl/α,β-unsaturated/α-hetero) is 1. The van der Waals surface area contributed by atoms with Crippen LogP contribution in [0.2, 0.25) is 0 Å². The molecule has 0 aromatic carbocycles. The van der Waals surface area contributed by atoms with Gasteiger partial charge in [0, 0.05) is 24.0 Å². The van der Waals surface area contributed by atoms with E-state index in [1.165, 1.54) is 19.4 Å². The van der Waals surface area contributed by atoms with Gasteiger partial charge in [0.25, 0.3) is 5.91 Å². The number of aromatic nitrogens is 1. The first-order chi connectivity index (χ1) is 10.6. The SMILES string of the molecule is CC(=O)c1coc2cnc(C(=O)NC3CC4CC3CN4)cc12. The van der Waals surface area contributed by atoms with E-state index in [4.69, 9.17) is 4.42 Å². The maximum absolute atomic E-state index is 12.4. The Hall–Kier alpha value is -2.21. The molecule has 2 aromatic rings. The van der Waals surface area contributed by atoms with E-state index in [0.29, 0.717) is 34.2 Å². The maximum Gasteiger partial charge on any atom is 0.270 e. The predicted octanol–water partition coefficient (Wildman–Crippen LogP) is 1.51. The number of piperidine rings is 1. The van der Waals surface area contributed by atoms with Crippen molar-refractivity contribution in [2.24, 2.45) is 5.92 Å². The topological polar surface area (TPSA) is 84.2 Å². The first kappa shape index (κ1) is 13.5. The number of pyridine rings is 1. The van der Waals surface area contributed by atoms with Gasteiger partial charge in [0.2, 0.25) is 0 Å². The third-order valence-electron chi connectivity index (χ3n) is 4.75. The molecule has 1 aliphatic carbocycles. The molecule has 2 aromatic heterocycles. The number of rotatable bonds is 3. The van der Waals surface area contributed by atoms with Gasteiger partial charge in [-0.25, -0.2) is 4.98 Å². The van der Waals surface area contributed by atoms with E-state index in [1.807, 2.05) is 0 Å². The number of ketones is 1. The molecule has 6 heteroatoms. The zero-order valence-corrected chi connectivity index (χ0v) is 12.3. The van der Waals surface area contributed by atoms with Crippen molar-refractivity contribution in [3.63, 3.8) is 0 Å².